The van der Waals surface area contributed by atoms with Crippen molar-refractivity contribution >= 4 is 33.5 Å². The molecule has 0 saturated carbocycles. The molecule has 2 atom stereocenters. The van der Waals surface area contributed by atoms with Crippen LogP contribution in [0.5, 0.6) is 0 Å². The van der Waals surface area contributed by atoms with Crippen molar-refractivity contribution in [3.8, 4) is 0 Å². The maximum absolute atomic E-state index is 10.6. The van der Waals surface area contributed by atoms with Crippen LogP contribution in [0.1, 0.15) is 10.9 Å². The second kappa shape index (κ2) is 4.63. The Labute approximate surface area is 89.7 Å². The van der Waals surface area contributed by atoms with Gasteiger partial charge < -0.3 is 5.11 Å². The van der Waals surface area contributed by atoms with E-state index < -0.39 is 16.2 Å². The molecule has 0 saturated heterocycles. The lowest BCUT2D eigenvalue weighted by Crippen LogP contribution is -2.18. The first-order valence-corrected chi connectivity index (χ1v) is 5.04. The summed E-state index contributed by atoms with van der Waals surface area (Å²) in [5.41, 5.74) is 0.799. The van der Waals surface area contributed by atoms with Gasteiger partial charge in [-0.2, -0.15) is 0 Å². The summed E-state index contributed by atoms with van der Waals surface area (Å²) in [6.07, 6.45) is 0. The van der Waals surface area contributed by atoms with Gasteiger partial charge in [0.25, 0.3) is 0 Å². The van der Waals surface area contributed by atoms with Crippen LogP contribution in [-0.4, -0.2) is 15.9 Å². The lowest BCUT2D eigenvalue weighted by molar-refractivity contribution is -0.136. The summed E-state index contributed by atoms with van der Waals surface area (Å²) < 4.78 is 0. The molecule has 0 aliphatic rings. The number of aliphatic carboxylic acids is 1. The first-order valence-electron chi connectivity index (χ1n) is 3.69. The summed E-state index contributed by atoms with van der Waals surface area (Å²) in [5, 5.41) is 8.14. The van der Waals surface area contributed by atoms with Gasteiger partial charge >= 0.3 is 5.97 Å². The molecule has 0 aliphatic heterocycles. The lowest BCUT2D eigenvalue weighted by Gasteiger charge is -2.12. The van der Waals surface area contributed by atoms with Gasteiger partial charge in [0.05, 0.1) is 5.38 Å². The third-order valence-corrected chi connectivity index (χ3v) is 3.34. The minimum Gasteiger partial charge on any atom is -0.480 e. The molecule has 0 heterocycles. The molecule has 13 heavy (non-hydrogen) atoms. The van der Waals surface area contributed by atoms with Crippen LogP contribution in [-0.2, 0) is 4.79 Å². The van der Waals surface area contributed by atoms with Crippen LogP contribution in [0.3, 0.4) is 0 Å². The Morgan fingerprint density at radius 2 is 1.92 bits per heavy atom. The molecule has 0 aromatic heterocycles. The fourth-order valence-corrected chi connectivity index (χ4v) is 1.49. The topological polar surface area (TPSA) is 37.3 Å². The quantitative estimate of drug-likeness (QED) is 0.852. The van der Waals surface area contributed by atoms with Crippen molar-refractivity contribution in [2.45, 2.75) is 10.2 Å². The van der Waals surface area contributed by atoms with Crippen LogP contribution >= 0.6 is 27.5 Å². The van der Waals surface area contributed by atoms with E-state index in [1.807, 2.05) is 18.2 Å². The van der Waals surface area contributed by atoms with Crippen LogP contribution < -0.4 is 0 Å². The molecular weight excluding hydrogens is 255 g/mol. The van der Waals surface area contributed by atoms with Crippen molar-refractivity contribution in [2.75, 3.05) is 0 Å². The van der Waals surface area contributed by atoms with Crippen LogP contribution in [0.15, 0.2) is 30.3 Å². The number of rotatable bonds is 3. The normalized spacial score (nSPS) is 14.9. The van der Waals surface area contributed by atoms with Gasteiger partial charge in [-0.05, 0) is 5.56 Å². The molecule has 0 radical (unpaired) electrons. The van der Waals surface area contributed by atoms with Gasteiger partial charge in [0.1, 0.15) is 4.83 Å². The SMILES string of the molecule is O=C(O)[C@H](Br)[C@@H](Cl)c1ccccc1. The molecule has 0 fully saturated rings. The fourth-order valence-electron chi connectivity index (χ4n) is 0.931. The van der Waals surface area contributed by atoms with E-state index in [0.29, 0.717) is 0 Å². The van der Waals surface area contributed by atoms with Gasteiger partial charge in [-0.1, -0.05) is 46.3 Å². The van der Waals surface area contributed by atoms with Gasteiger partial charge in [0.2, 0.25) is 0 Å². The summed E-state index contributed by atoms with van der Waals surface area (Å²) >= 11 is 8.94. The standard InChI is InChI=1S/C9H8BrClO2/c10-7(9(12)13)8(11)6-4-2-1-3-5-6/h1-5,7-8H,(H,12,13)/t7-,8+/m1/s1. The number of hydrogen-bond donors (Lipinski definition) is 1. The van der Waals surface area contributed by atoms with Gasteiger partial charge in [-0.25, -0.2) is 0 Å². The molecule has 70 valence electrons. The van der Waals surface area contributed by atoms with Crippen molar-refractivity contribution in [1.82, 2.24) is 0 Å². The van der Waals surface area contributed by atoms with E-state index >= 15 is 0 Å². The Kier molecular flexibility index (Phi) is 3.75. The van der Waals surface area contributed by atoms with Gasteiger partial charge in [0, 0.05) is 0 Å². The summed E-state index contributed by atoms with van der Waals surface area (Å²) in [6.45, 7) is 0. The molecule has 0 aliphatic carbocycles. The number of alkyl halides is 2. The number of carbonyl (C=O) groups is 1. The van der Waals surface area contributed by atoms with E-state index in [1.165, 1.54) is 0 Å². The molecule has 1 aromatic rings. The van der Waals surface area contributed by atoms with Crippen molar-refractivity contribution in [3.05, 3.63) is 35.9 Å². The molecular formula is C9H8BrClO2. The molecule has 1 aromatic carbocycles. The average Bonchev–Trinajstić information content (AvgIpc) is 2.17. The van der Waals surface area contributed by atoms with E-state index in [1.54, 1.807) is 12.1 Å². The van der Waals surface area contributed by atoms with Crippen LogP contribution in [0, 0.1) is 0 Å². The van der Waals surface area contributed by atoms with E-state index in [4.69, 9.17) is 16.7 Å². The molecule has 1 rings (SSSR count). The number of benzene rings is 1. The van der Waals surface area contributed by atoms with Gasteiger partial charge in [0.15, 0.2) is 0 Å². The van der Waals surface area contributed by atoms with Crippen LogP contribution in [0.25, 0.3) is 0 Å². The Bertz CT molecular complexity index is 289. The van der Waals surface area contributed by atoms with Crippen LogP contribution in [0.4, 0.5) is 0 Å². The van der Waals surface area contributed by atoms with E-state index in [0.717, 1.165) is 5.56 Å². The zero-order valence-electron chi connectivity index (χ0n) is 6.65. The highest BCUT2D eigenvalue weighted by Gasteiger charge is 2.24. The van der Waals surface area contributed by atoms with Crippen molar-refractivity contribution in [3.63, 3.8) is 0 Å². The largest absolute Gasteiger partial charge is 0.480 e. The highest BCUT2D eigenvalue weighted by molar-refractivity contribution is 9.10. The summed E-state index contributed by atoms with van der Waals surface area (Å²) in [6, 6.07) is 9.11. The molecule has 4 heteroatoms. The predicted octanol–water partition coefficient (Wildman–Crippen LogP) is 2.81. The maximum Gasteiger partial charge on any atom is 0.319 e. The Hall–Kier alpha value is -0.540. The zero-order valence-corrected chi connectivity index (χ0v) is 8.99. The van der Waals surface area contributed by atoms with E-state index in [-0.39, 0.29) is 0 Å². The van der Waals surface area contributed by atoms with Crippen molar-refractivity contribution in [2.24, 2.45) is 0 Å². The Morgan fingerprint density at radius 3 is 2.38 bits per heavy atom. The molecule has 0 amide bonds. The summed E-state index contributed by atoms with van der Waals surface area (Å²) in [4.78, 5) is 9.83. The second-order valence-corrected chi connectivity index (χ2v) is 4.01. The lowest BCUT2D eigenvalue weighted by atomic mass is 10.1. The minimum atomic E-state index is -0.955. The monoisotopic (exact) mass is 262 g/mol. The third-order valence-electron chi connectivity index (χ3n) is 1.61. The first kappa shape index (κ1) is 10.5. The maximum atomic E-state index is 10.6. The van der Waals surface area contributed by atoms with E-state index in [2.05, 4.69) is 15.9 Å². The number of carboxylic acids is 1. The number of hydrogen-bond acceptors (Lipinski definition) is 1. The highest BCUT2D eigenvalue weighted by Crippen LogP contribution is 2.28. The Balaban J connectivity index is 2.79. The summed E-state index contributed by atoms with van der Waals surface area (Å²) in [5.74, 6) is -0.955. The number of halogens is 2. The van der Waals surface area contributed by atoms with Gasteiger partial charge in [-0.3, -0.25) is 4.79 Å². The molecule has 2 nitrogen and oxygen atoms in total. The zero-order chi connectivity index (χ0) is 9.84. The summed E-state index contributed by atoms with van der Waals surface area (Å²) in [7, 11) is 0. The Morgan fingerprint density at radius 1 is 1.38 bits per heavy atom. The number of carboxylic acid groups (broad SMARTS) is 1. The average molecular weight is 264 g/mol. The van der Waals surface area contributed by atoms with Crippen LogP contribution in [0.2, 0.25) is 0 Å². The third kappa shape index (κ3) is 2.71. The van der Waals surface area contributed by atoms with Crippen molar-refractivity contribution in [1.29, 1.82) is 0 Å². The smallest absolute Gasteiger partial charge is 0.319 e. The predicted molar refractivity (Wildman–Crippen MR) is 55.4 cm³/mol. The molecule has 1 N–H and O–H groups in total. The van der Waals surface area contributed by atoms with Crippen molar-refractivity contribution < 1.29 is 9.90 Å². The second-order valence-electron chi connectivity index (χ2n) is 2.55. The first-order chi connectivity index (χ1) is 6.13. The minimum absolute atomic E-state index is 0.543. The molecule has 0 spiro atoms. The highest BCUT2D eigenvalue weighted by atomic mass is 79.9. The molecule has 0 bridgehead atoms. The van der Waals surface area contributed by atoms with E-state index in [9.17, 15) is 4.79 Å². The van der Waals surface area contributed by atoms with Gasteiger partial charge in [-0.15, -0.1) is 11.6 Å². The molecule has 0 unspecified atom stereocenters. The fraction of sp³-hybridized carbons (Fsp3) is 0.222.